The maximum Gasteiger partial charge on any atom is 0.222 e. The van der Waals surface area contributed by atoms with E-state index in [9.17, 15) is 4.79 Å². The molecule has 3 aromatic rings. The quantitative estimate of drug-likeness (QED) is 0.788. The molecule has 4 rings (SSSR count). The van der Waals surface area contributed by atoms with Crippen molar-refractivity contribution >= 4 is 29.0 Å². The second kappa shape index (κ2) is 5.60. The van der Waals surface area contributed by atoms with Crippen LogP contribution in [0.25, 0.3) is 5.65 Å². The van der Waals surface area contributed by atoms with E-state index in [1.165, 1.54) is 6.92 Å². The first-order chi connectivity index (χ1) is 11.6. The molecule has 1 amide bonds. The Morgan fingerprint density at radius 2 is 2.08 bits per heavy atom. The van der Waals surface area contributed by atoms with Gasteiger partial charge in [0.05, 0.1) is 5.69 Å². The van der Waals surface area contributed by atoms with Crippen molar-refractivity contribution in [2.24, 2.45) is 0 Å². The van der Waals surface area contributed by atoms with Gasteiger partial charge in [-0.05, 0) is 30.5 Å². The van der Waals surface area contributed by atoms with Gasteiger partial charge >= 0.3 is 0 Å². The van der Waals surface area contributed by atoms with Crippen molar-refractivity contribution in [1.82, 2.24) is 14.6 Å². The normalized spacial score (nSPS) is 15.9. The van der Waals surface area contributed by atoms with Crippen LogP contribution in [0.15, 0.2) is 42.6 Å². The van der Waals surface area contributed by atoms with Gasteiger partial charge in [-0.1, -0.05) is 36.2 Å². The maximum absolute atomic E-state index is 11.2. The molecule has 0 aliphatic heterocycles. The number of anilines is 1. The summed E-state index contributed by atoms with van der Waals surface area (Å²) in [5.41, 5.74) is 2.69. The Morgan fingerprint density at radius 1 is 1.29 bits per heavy atom. The van der Waals surface area contributed by atoms with E-state index in [2.05, 4.69) is 16.4 Å². The number of carbonyl (C=O) groups is 1. The average Bonchev–Trinajstić information content (AvgIpc) is 2.90. The fourth-order valence-electron chi connectivity index (χ4n) is 3.41. The van der Waals surface area contributed by atoms with E-state index in [0.29, 0.717) is 5.82 Å². The minimum Gasteiger partial charge on any atom is -0.311 e. The molecule has 1 N–H and O–H groups in total. The summed E-state index contributed by atoms with van der Waals surface area (Å²) in [6, 6.07) is 11.7. The lowest BCUT2D eigenvalue weighted by Gasteiger charge is -2.41. The first-order valence-corrected chi connectivity index (χ1v) is 8.36. The molecule has 0 bridgehead atoms. The summed E-state index contributed by atoms with van der Waals surface area (Å²) in [6.07, 6.45) is 5.03. The van der Waals surface area contributed by atoms with Crippen LogP contribution in [0, 0.1) is 0 Å². The SMILES string of the molecule is CC(=O)Nc1ccn2nc(C3(c4ccccc4Cl)CCC3)cc2n1. The molecule has 0 atom stereocenters. The third-order valence-electron chi connectivity index (χ3n) is 4.72. The number of halogens is 1. The largest absolute Gasteiger partial charge is 0.311 e. The van der Waals surface area contributed by atoms with Gasteiger partial charge in [0.2, 0.25) is 5.91 Å². The number of aromatic nitrogens is 3. The Morgan fingerprint density at radius 3 is 2.75 bits per heavy atom. The van der Waals surface area contributed by atoms with E-state index in [1.807, 2.05) is 30.5 Å². The van der Waals surface area contributed by atoms with Crippen molar-refractivity contribution in [2.75, 3.05) is 5.32 Å². The predicted molar refractivity (Wildman–Crippen MR) is 93.4 cm³/mol. The molecule has 2 heterocycles. The van der Waals surface area contributed by atoms with Crippen LogP contribution in [0.2, 0.25) is 5.02 Å². The Hall–Kier alpha value is -2.40. The van der Waals surface area contributed by atoms with Crippen molar-refractivity contribution in [1.29, 1.82) is 0 Å². The molecule has 5 nitrogen and oxygen atoms in total. The van der Waals surface area contributed by atoms with Crippen LogP contribution >= 0.6 is 11.6 Å². The molecule has 1 saturated carbocycles. The number of nitrogens with zero attached hydrogens (tertiary/aromatic N) is 3. The van der Waals surface area contributed by atoms with Gasteiger partial charge in [-0.15, -0.1) is 0 Å². The standard InChI is InChI=1S/C18H17ClN4O/c1-12(24)20-16-7-10-23-17(21-16)11-15(22-23)18(8-4-9-18)13-5-2-3-6-14(13)19/h2-3,5-7,10-11H,4,8-9H2,1H3,(H,20,21,24). The topological polar surface area (TPSA) is 59.3 Å². The van der Waals surface area contributed by atoms with Crippen molar-refractivity contribution < 1.29 is 4.79 Å². The van der Waals surface area contributed by atoms with E-state index in [4.69, 9.17) is 16.7 Å². The molecule has 6 heteroatoms. The molecule has 24 heavy (non-hydrogen) atoms. The van der Waals surface area contributed by atoms with Gasteiger partial charge in [0, 0.05) is 29.6 Å². The number of fused-ring (bicyclic) bond motifs is 1. The van der Waals surface area contributed by atoms with Crippen LogP contribution in [0.1, 0.15) is 37.4 Å². The number of nitrogens with one attached hydrogen (secondary N) is 1. The van der Waals surface area contributed by atoms with Gasteiger partial charge in [0.25, 0.3) is 0 Å². The zero-order chi connectivity index (χ0) is 16.7. The van der Waals surface area contributed by atoms with E-state index in [1.54, 1.807) is 10.6 Å². The van der Waals surface area contributed by atoms with Gasteiger partial charge in [-0.3, -0.25) is 4.79 Å². The molecule has 0 saturated heterocycles. The van der Waals surface area contributed by atoms with Crippen molar-refractivity contribution in [3.8, 4) is 0 Å². The molecular formula is C18H17ClN4O. The summed E-state index contributed by atoms with van der Waals surface area (Å²) < 4.78 is 1.75. The smallest absolute Gasteiger partial charge is 0.222 e. The molecule has 2 aromatic heterocycles. The van der Waals surface area contributed by atoms with Crippen molar-refractivity contribution in [2.45, 2.75) is 31.6 Å². The van der Waals surface area contributed by atoms with Gasteiger partial charge in [0.15, 0.2) is 5.65 Å². The van der Waals surface area contributed by atoms with Crippen LogP contribution in [-0.2, 0) is 10.2 Å². The zero-order valence-electron chi connectivity index (χ0n) is 13.3. The van der Waals surface area contributed by atoms with Crippen molar-refractivity contribution in [3.63, 3.8) is 0 Å². The van der Waals surface area contributed by atoms with Gasteiger partial charge in [-0.25, -0.2) is 9.50 Å². The summed E-state index contributed by atoms with van der Waals surface area (Å²) in [5.74, 6) is 0.389. The van der Waals surface area contributed by atoms with E-state index in [-0.39, 0.29) is 11.3 Å². The molecule has 0 spiro atoms. The lowest BCUT2D eigenvalue weighted by Crippen LogP contribution is -2.36. The molecular weight excluding hydrogens is 324 g/mol. The van der Waals surface area contributed by atoms with E-state index in [0.717, 1.165) is 41.2 Å². The monoisotopic (exact) mass is 340 g/mol. The van der Waals surface area contributed by atoms with E-state index < -0.39 is 0 Å². The highest BCUT2D eigenvalue weighted by Gasteiger charge is 2.43. The third kappa shape index (κ3) is 2.36. The Bertz CT molecular complexity index is 930. The molecule has 1 aliphatic rings. The summed E-state index contributed by atoms with van der Waals surface area (Å²) in [4.78, 5) is 15.7. The summed E-state index contributed by atoms with van der Waals surface area (Å²) in [6.45, 7) is 1.47. The maximum atomic E-state index is 11.2. The fourth-order valence-corrected chi connectivity index (χ4v) is 3.72. The van der Waals surface area contributed by atoms with Crippen LogP contribution in [-0.4, -0.2) is 20.5 Å². The van der Waals surface area contributed by atoms with Crippen molar-refractivity contribution in [3.05, 3.63) is 58.9 Å². The second-order valence-corrected chi connectivity index (χ2v) is 6.65. The summed E-state index contributed by atoms with van der Waals surface area (Å²) >= 11 is 6.45. The Labute approximate surface area is 144 Å². The van der Waals surface area contributed by atoms with Crippen LogP contribution in [0.5, 0.6) is 0 Å². The highest BCUT2D eigenvalue weighted by atomic mass is 35.5. The van der Waals surface area contributed by atoms with Gasteiger partial charge in [0.1, 0.15) is 5.82 Å². The number of hydrogen-bond acceptors (Lipinski definition) is 3. The van der Waals surface area contributed by atoms with Crippen LogP contribution in [0.3, 0.4) is 0 Å². The molecule has 1 aliphatic carbocycles. The minimum atomic E-state index is -0.141. The molecule has 122 valence electrons. The number of hydrogen-bond donors (Lipinski definition) is 1. The molecule has 1 aromatic carbocycles. The fraction of sp³-hybridized carbons (Fsp3) is 0.278. The first kappa shape index (κ1) is 15.1. The zero-order valence-corrected chi connectivity index (χ0v) is 14.0. The highest BCUT2D eigenvalue weighted by Crippen LogP contribution is 2.50. The molecule has 0 radical (unpaired) electrons. The Kier molecular flexibility index (Phi) is 3.53. The number of rotatable bonds is 3. The average molecular weight is 341 g/mol. The van der Waals surface area contributed by atoms with Gasteiger partial charge < -0.3 is 5.32 Å². The van der Waals surface area contributed by atoms with Gasteiger partial charge in [-0.2, -0.15) is 5.10 Å². The highest BCUT2D eigenvalue weighted by molar-refractivity contribution is 6.31. The number of carbonyl (C=O) groups excluding carboxylic acids is 1. The lowest BCUT2D eigenvalue weighted by molar-refractivity contribution is -0.114. The number of amides is 1. The van der Waals surface area contributed by atoms with Crippen LogP contribution in [0.4, 0.5) is 5.82 Å². The lowest BCUT2D eigenvalue weighted by atomic mass is 9.62. The number of benzene rings is 1. The van der Waals surface area contributed by atoms with Crippen LogP contribution < -0.4 is 5.32 Å². The van der Waals surface area contributed by atoms with E-state index >= 15 is 0 Å². The predicted octanol–water partition coefficient (Wildman–Crippen LogP) is 3.81. The summed E-state index contributed by atoms with van der Waals surface area (Å²) in [5, 5.41) is 8.21. The molecule has 1 fully saturated rings. The first-order valence-electron chi connectivity index (χ1n) is 7.98. The Balaban J connectivity index is 1.80. The second-order valence-electron chi connectivity index (χ2n) is 6.24. The minimum absolute atomic E-state index is 0.139. The summed E-state index contributed by atoms with van der Waals surface area (Å²) in [7, 11) is 0. The molecule has 0 unspecified atom stereocenters. The third-order valence-corrected chi connectivity index (χ3v) is 5.05.